The van der Waals surface area contributed by atoms with Gasteiger partial charge >= 0.3 is 12.7 Å². The summed E-state index contributed by atoms with van der Waals surface area (Å²) in [6, 6.07) is 15.6. The first-order valence-corrected chi connectivity index (χ1v) is 12.8. The Kier molecular flexibility index (Phi) is 8.72. The van der Waals surface area contributed by atoms with E-state index in [9.17, 15) is 13.2 Å². The van der Waals surface area contributed by atoms with Crippen LogP contribution < -0.4 is 9.47 Å². The lowest BCUT2D eigenvalue weighted by Gasteiger charge is -2.29. The molecule has 0 amide bonds. The first-order valence-electron chi connectivity index (χ1n) is 12.8. The highest BCUT2D eigenvalue weighted by Gasteiger charge is 2.35. The van der Waals surface area contributed by atoms with E-state index in [1.807, 2.05) is 0 Å². The summed E-state index contributed by atoms with van der Waals surface area (Å²) in [5.41, 5.74) is 1.17. The standard InChI is InChI=1S/C30H31F5O2/c1-2-3-6-20-9-11-21(12-10-20)22-13-16-24(17-14-22)30(34,35)37-27-8-5-4-7-25(27)23-15-18-28(26(31)19-23)36-29(32)33/h4-5,7-8,13-21,29H,2-3,6,9-12H2,1H3. The number of unbranched alkanes of at least 4 members (excludes halogenated alkanes) is 1. The van der Waals surface area contributed by atoms with Crippen LogP contribution in [0.3, 0.4) is 0 Å². The van der Waals surface area contributed by atoms with Gasteiger partial charge in [0.15, 0.2) is 11.6 Å². The van der Waals surface area contributed by atoms with Gasteiger partial charge < -0.3 is 9.47 Å². The highest BCUT2D eigenvalue weighted by Crippen LogP contribution is 2.41. The smallest absolute Gasteiger partial charge is 0.426 e. The van der Waals surface area contributed by atoms with Gasteiger partial charge in [0.25, 0.3) is 0 Å². The lowest BCUT2D eigenvalue weighted by molar-refractivity contribution is -0.185. The Morgan fingerprint density at radius 3 is 2.24 bits per heavy atom. The average molecular weight is 519 g/mol. The second-order valence-corrected chi connectivity index (χ2v) is 9.62. The van der Waals surface area contributed by atoms with Crippen LogP contribution in [0.2, 0.25) is 0 Å². The predicted molar refractivity (Wildman–Crippen MR) is 134 cm³/mol. The van der Waals surface area contributed by atoms with E-state index in [-0.39, 0.29) is 22.4 Å². The molecule has 0 saturated heterocycles. The molecule has 4 rings (SSSR count). The molecule has 0 N–H and O–H groups in total. The normalized spacial score (nSPS) is 18.1. The summed E-state index contributed by atoms with van der Waals surface area (Å²) in [5.74, 6) is -0.667. The fraction of sp³-hybridized carbons (Fsp3) is 0.400. The fourth-order valence-corrected chi connectivity index (χ4v) is 5.08. The maximum Gasteiger partial charge on any atom is 0.426 e. The van der Waals surface area contributed by atoms with Crippen LogP contribution in [0.15, 0.2) is 66.7 Å². The Morgan fingerprint density at radius 1 is 0.892 bits per heavy atom. The van der Waals surface area contributed by atoms with Crippen molar-refractivity contribution in [3.63, 3.8) is 0 Å². The summed E-state index contributed by atoms with van der Waals surface area (Å²) in [4.78, 5) is 0. The third-order valence-electron chi connectivity index (χ3n) is 7.11. The minimum absolute atomic E-state index is 0.163. The topological polar surface area (TPSA) is 18.5 Å². The molecular formula is C30H31F5O2. The number of alkyl halides is 4. The summed E-state index contributed by atoms with van der Waals surface area (Å²) in [6.07, 6.45) is 4.61. The first-order chi connectivity index (χ1) is 17.8. The van der Waals surface area contributed by atoms with Crippen molar-refractivity contribution < 1.29 is 31.4 Å². The summed E-state index contributed by atoms with van der Waals surface area (Å²) < 4.78 is 78.7. The lowest BCUT2D eigenvalue weighted by atomic mass is 9.77. The third kappa shape index (κ3) is 6.82. The predicted octanol–water partition coefficient (Wildman–Crippen LogP) is 9.69. The van der Waals surface area contributed by atoms with Gasteiger partial charge in [0.1, 0.15) is 5.75 Å². The van der Waals surface area contributed by atoms with Crippen molar-refractivity contribution in [3.05, 3.63) is 83.7 Å². The number of rotatable bonds is 10. The Labute approximate surface area is 214 Å². The average Bonchev–Trinajstić information content (AvgIpc) is 2.89. The van der Waals surface area contributed by atoms with Gasteiger partial charge in [-0.15, -0.1) is 0 Å². The summed E-state index contributed by atoms with van der Waals surface area (Å²) >= 11 is 0. The van der Waals surface area contributed by atoms with E-state index in [4.69, 9.17) is 4.74 Å². The van der Waals surface area contributed by atoms with Crippen LogP contribution in [-0.4, -0.2) is 6.61 Å². The van der Waals surface area contributed by atoms with Crippen LogP contribution >= 0.6 is 0 Å². The van der Waals surface area contributed by atoms with E-state index in [1.54, 1.807) is 18.2 Å². The monoisotopic (exact) mass is 518 g/mol. The van der Waals surface area contributed by atoms with Crippen molar-refractivity contribution in [1.29, 1.82) is 0 Å². The molecular weight excluding hydrogens is 487 g/mol. The molecule has 0 aliphatic heterocycles. The number of benzene rings is 3. The van der Waals surface area contributed by atoms with Crippen molar-refractivity contribution in [3.8, 4) is 22.6 Å². The maximum atomic E-state index is 15.2. The van der Waals surface area contributed by atoms with Gasteiger partial charge in [-0.3, -0.25) is 0 Å². The maximum absolute atomic E-state index is 15.2. The minimum atomic E-state index is -3.64. The number of hydrogen-bond donors (Lipinski definition) is 0. The van der Waals surface area contributed by atoms with Crippen LogP contribution in [0, 0.1) is 11.7 Å². The molecule has 37 heavy (non-hydrogen) atoms. The van der Waals surface area contributed by atoms with Crippen molar-refractivity contribution in [1.82, 2.24) is 0 Å². The molecule has 1 aliphatic carbocycles. The second-order valence-electron chi connectivity index (χ2n) is 9.62. The van der Waals surface area contributed by atoms with Gasteiger partial charge in [0.2, 0.25) is 0 Å². The molecule has 0 unspecified atom stereocenters. The Morgan fingerprint density at radius 2 is 1.59 bits per heavy atom. The number of halogens is 5. The fourth-order valence-electron chi connectivity index (χ4n) is 5.08. The molecule has 1 aliphatic rings. The third-order valence-corrected chi connectivity index (χ3v) is 7.11. The van der Waals surface area contributed by atoms with Crippen LogP contribution in [0.4, 0.5) is 22.0 Å². The van der Waals surface area contributed by atoms with E-state index in [2.05, 4.69) is 11.7 Å². The summed E-state index contributed by atoms with van der Waals surface area (Å²) in [5, 5.41) is 0. The molecule has 3 aromatic rings. The highest BCUT2D eigenvalue weighted by atomic mass is 19.3. The van der Waals surface area contributed by atoms with Crippen molar-refractivity contribution >= 4 is 0 Å². The van der Waals surface area contributed by atoms with Crippen molar-refractivity contribution in [2.45, 2.75) is 70.5 Å². The minimum Gasteiger partial charge on any atom is -0.432 e. The van der Waals surface area contributed by atoms with E-state index >= 15 is 8.78 Å². The molecule has 1 saturated carbocycles. The Bertz CT molecular complexity index is 1150. The molecule has 0 radical (unpaired) electrons. The Hall–Kier alpha value is -3.09. The summed E-state index contributed by atoms with van der Waals surface area (Å²) in [6.45, 7) is -0.974. The van der Waals surface area contributed by atoms with E-state index in [0.29, 0.717) is 5.92 Å². The SMILES string of the molecule is CCCCC1CCC(c2ccc(C(F)(F)Oc3ccccc3-c3ccc(OC(F)F)c(F)c3)cc2)CC1. The molecule has 1 fully saturated rings. The number of ether oxygens (including phenoxy) is 2. The van der Waals surface area contributed by atoms with Gasteiger partial charge in [-0.25, -0.2) is 4.39 Å². The van der Waals surface area contributed by atoms with Crippen LogP contribution in [0.5, 0.6) is 11.5 Å². The zero-order valence-electron chi connectivity index (χ0n) is 20.7. The van der Waals surface area contributed by atoms with Gasteiger partial charge in [0.05, 0.1) is 5.56 Å². The second kappa shape index (κ2) is 12.0. The molecule has 198 valence electrons. The molecule has 0 aromatic heterocycles. The van der Waals surface area contributed by atoms with E-state index in [0.717, 1.165) is 36.5 Å². The number of hydrogen-bond acceptors (Lipinski definition) is 2. The van der Waals surface area contributed by atoms with Crippen molar-refractivity contribution in [2.24, 2.45) is 5.92 Å². The van der Waals surface area contributed by atoms with Crippen molar-refractivity contribution in [2.75, 3.05) is 0 Å². The molecule has 2 nitrogen and oxygen atoms in total. The molecule has 3 aromatic carbocycles. The van der Waals surface area contributed by atoms with Gasteiger partial charge in [-0.2, -0.15) is 17.6 Å². The van der Waals surface area contributed by atoms with E-state index in [1.165, 1.54) is 68.5 Å². The number of para-hydroxylation sites is 1. The summed E-state index contributed by atoms with van der Waals surface area (Å²) in [7, 11) is 0. The molecule has 0 spiro atoms. The Balaban J connectivity index is 1.47. The van der Waals surface area contributed by atoms with Gasteiger partial charge in [-0.1, -0.05) is 62.6 Å². The highest BCUT2D eigenvalue weighted by molar-refractivity contribution is 5.71. The quantitative estimate of drug-likeness (QED) is 0.249. The van der Waals surface area contributed by atoms with Crippen LogP contribution in [0.1, 0.15) is 68.9 Å². The largest absolute Gasteiger partial charge is 0.432 e. The zero-order chi connectivity index (χ0) is 26.4. The first kappa shape index (κ1) is 27.0. The van der Waals surface area contributed by atoms with Gasteiger partial charge in [0, 0.05) is 5.56 Å². The molecule has 7 heteroatoms. The van der Waals surface area contributed by atoms with Crippen LogP contribution in [0.25, 0.3) is 11.1 Å². The molecule has 0 heterocycles. The van der Waals surface area contributed by atoms with Crippen LogP contribution in [-0.2, 0) is 6.11 Å². The molecule has 0 bridgehead atoms. The van der Waals surface area contributed by atoms with Gasteiger partial charge in [-0.05, 0) is 79.0 Å². The van der Waals surface area contributed by atoms with E-state index < -0.39 is 24.3 Å². The zero-order valence-corrected chi connectivity index (χ0v) is 20.7. The molecule has 0 atom stereocenters. The lowest BCUT2D eigenvalue weighted by Crippen LogP contribution is -2.22.